The van der Waals surface area contributed by atoms with Crippen molar-refractivity contribution in [3.8, 4) is 5.75 Å². The number of carbonyl (C=O) groups is 1. The van der Waals surface area contributed by atoms with Gasteiger partial charge in [0.1, 0.15) is 5.75 Å². The van der Waals surface area contributed by atoms with Crippen LogP contribution in [0.25, 0.3) is 0 Å². The molecule has 1 aliphatic heterocycles. The van der Waals surface area contributed by atoms with Crippen LogP contribution in [-0.2, 0) is 27.7 Å². The summed E-state index contributed by atoms with van der Waals surface area (Å²) in [6.45, 7) is 2.78. The van der Waals surface area contributed by atoms with Crippen LogP contribution in [0.4, 0.5) is 5.69 Å². The van der Waals surface area contributed by atoms with E-state index < -0.39 is 10.0 Å². The second-order valence-electron chi connectivity index (χ2n) is 6.75. The maximum atomic E-state index is 12.6. The van der Waals surface area contributed by atoms with Gasteiger partial charge in [-0.05, 0) is 54.7 Å². The maximum absolute atomic E-state index is 12.6. The Morgan fingerprint density at radius 1 is 1.21 bits per heavy atom. The van der Waals surface area contributed by atoms with Crippen LogP contribution in [-0.4, -0.2) is 34.5 Å². The summed E-state index contributed by atoms with van der Waals surface area (Å²) in [6.07, 6.45) is 2.51. The summed E-state index contributed by atoms with van der Waals surface area (Å²) in [5.41, 5.74) is 2.78. The molecule has 28 heavy (non-hydrogen) atoms. The number of aryl methyl sites for hydroxylation is 1. The summed E-state index contributed by atoms with van der Waals surface area (Å²) >= 11 is 0. The second-order valence-corrected chi connectivity index (χ2v) is 8.52. The Hall–Kier alpha value is -2.38. The third-order valence-electron chi connectivity index (χ3n) is 4.97. The predicted octanol–water partition coefficient (Wildman–Crippen LogP) is 2.91. The molecule has 7 heteroatoms. The van der Waals surface area contributed by atoms with Gasteiger partial charge >= 0.3 is 0 Å². The molecule has 0 spiro atoms. The summed E-state index contributed by atoms with van der Waals surface area (Å²) < 4.78 is 33.2. The average Bonchev–Trinajstić information content (AvgIpc) is 3.14. The van der Waals surface area contributed by atoms with Gasteiger partial charge in [0.15, 0.2) is 0 Å². The molecule has 0 radical (unpaired) electrons. The van der Waals surface area contributed by atoms with Crippen LogP contribution < -0.4 is 14.4 Å². The monoisotopic (exact) mass is 402 g/mol. The van der Waals surface area contributed by atoms with Crippen LogP contribution >= 0.6 is 0 Å². The number of ether oxygens (including phenoxy) is 1. The molecule has 0 aromatic heterocycles. The number of hydrogen-bond donors (Lipinski definition) is 1. The zero-order valence-electron chi connectivity index (χ0n) is 16.3. The summed E-state index contributed by atoms with van der Waals surface area (Å²) in [4.78, 5) is 14.0. The topological polar surface area (TPSA) is 75.7 Å². The molecule has 1 amide bonds. The number of rotatable bonds is 8. The molecule has 1 aliphatic rings. The van der Waals surface area contributed by atoms with Gasteiger partial charge in [-0.25, -0.2) is 13.1 Å². The number of benzene rings is 2. The SMILES string of the molecule is CCC(=O)N1CCc2cc(S(=O)(=O)NCCCc3ccccc3OC)ccc21. The third-order valence-corrected chi connectivity index (χ3v) is 6.43. The van der Waals surface area contributed by atoms with E-state index in [1.165, 1.54) is 0 Å². The number of carbonyl (C=O) groups excluding carboxylic acids is 1. The van der Waals surface area contributed by atoms with Gasteiger partial charge in [-0.15, -0.1) is 0 Å². The van der Waals surface area contributed by atoms with Crippen molar-refractivity contribution in [3.63, 3.8) is 0 Å². The number of amides is 1. The van der Waals surface area contributed by atoms with E-state index in [1.807, 2.05) is 31.2 Å². The Labute approximate surface area is 166 Å². The first-order chi connectivity index (χ1) is 13.5. The van der Waals surface area contributed by atoms with Crippen molar-refractivity contribution in [2.24, 2.45) is 0 Å². The number of hydrogen-bond acceptors (Lipinski definition) is 4. The Kier molecular flexibility index (Phi) is 6.36. The van der Waals surface area contributed by atoms with E-state index in [9.17, 15) is 13.2 Å². The van der Waals surface area contributed by atoms with Gasteiger partial charge < -0.3 is 9.64 Å². The van der Waals surface area contributed by atoms with E-state index in [0.29, 0.717) is 32.4 Å². The summed E-state index contributed by atoms with van der Waals surface area (Å²) in [7, 11) is -1.95. The lowest BCUT2D eigenvalue weighted by Crippen LogP contribution is -2.28. The van der Waals surface area contributed by atoms with Crippen molar-refractivity contribution in [2.75, 3.05) is 25.1 Å². The van der Waals surface area contributed by atoms with Crippen LogP contribution in [0.5, 0.6) is 5.75 Å². The number of fused-ring (bicyclic) bond motifs is 1. The van der Waals surface area contributed by atoms with Crippen LogP contribution in [0.15, 0.2) is 47.4 Å². The summed E-state index contributed by atoms with van der Waals surface area (Å²) in [6, 6.07) is 12.7. The molecule has 150 valence electrons. The number of anilines is 1. The fourth-order valence-corrected chi connectivity index (χ4v) is 4.60. The van der Waals surface area contributed by atoms with Gasteiger partial charge in [0.25, 0.3) is 0 Å². The second kappa shape index (κ2) is 8.75. The highest BCUT2D eigenvalue weighted by Gasteiger charge is 2.25. The van der Waals surface area contributed by atoms with E-state index in [1.54, 1.807) is 30.2 Å². The highest BCUT2D eigenvalue weighted by molar-refractivity contribution is 7.89. The van der Waals surface area contributed by atoms with Gasteiger partial charge in [0, 0.05) is 25.2 Å². The third kappa shape index (κ3) is 4.36. The molecule has 0 bridgehead atoms. The lowest BCUT2D eigenvalue weighted by molar-refractivity contribution is -0.118. The molecule has 0 fully saturated rings. The number of para-hydroxylation sites is 1. The minimum atomic E-state index is -3.58. The maximum Gasteiger partial charge on any atom is 0.240 e. The van der Waals surface area contributed by atoms with Crippen LogP contribution in [0, 0.1) is 0 Å². The molecule has 0 saturated carbocycles. The predicted molar refractivity (Wildman–Crippen MR) is 109 cm³/mol. The van der Waals surface area contributed by atoms with Gasteiger partial charge in [-0.1, -0.05) is 25.1 Å². The minimum absolute atomic E-state index is 0.0591. The molecule has 3 rings (SSSR count). The lowest BCUT2D eigenvalue weighted by atomic mass is 10.1. The van der Waals surface area contributed by atoms with Crippen LogP contribution in [0.1, 0.15) is 30.9 Å². The molecular formula is C21H26N2O4S. The molecule has 0 unspecified atom stereocenters. The highest BCUT2D eigenvalue weighted by atomic mass is 32.2. The van der Waals surface area contributed by atoms with Crippen molar-refractivity contribution < 1.29 is 17.9 Å². The Morgan fingerprint density at radius 2 is 2.00 bits per heavy atom. The summed E-state index contributed by atoms with van der Waals surface area (Å²) in [5.74, 6) is 0.874. The van der Waals surface area contributed by atoms with Crippen molar-refractivity contribution in [3.05, 3.63) is 53.6 Å². The molecule has 6 nitrogen and oxygen atoms in total. The normalized spacial score (nSPS) is 13.4. The zero-order valence-corrected chi connectivity index (χ0v) is 17.1. The molecule has 0 aliphatic carbocycles. The largest absolute Gasteiger partial charge is 0.496 e. The smallest absolute Gasteiger partial charge is 0.240 e. The number of nitrogens with one attached hydrogen (secondary N) is 1. The number of sulfonamides is 1. The molecular weight excluding hydrogens is 376 g/mol. The van der Waals surface area contributed by atoms with Crippen molar-refractivity contribution >= 4 is 21.6 Å². The Bertz CT molecular complexity index is 957. The molecule has 0 atom stereocenters. The van der Waals surface area contributed by atoms with Gasteiger partial charge in [0.05, 0.1) is 12.0 Å². The molecule has 1 heterocycles. The van der Waals surface area contributed by atoms with Crippen molar-refractivity contribution in [1.82, 2.24) is 4.72 Å². The van der Waals surface area contributed by atoms with Crippen molar-refractivity contribution in [1.29, 1.82) is 0 Å². The van der Waals surface area contributed by atoms with Crippen molar-refractivity contribution in [2.45, 2.75) is 37.5 Å². The lowest BCUT2D eigenvalue weighted by Gasteiger charge is -2.16. The first-order valence-corrected chi connectivity index (χ1v) is 11.0. The Balaban J connectivity index is 1.62. The van der Waals surface area contributed by atoms with E-state index in [-0.39, 0.29) is 10.8 Å². The molecule has 0 saturated heterocycles. The number of methoxy groups -OCH3 is 1. The Morgan fingerprint density at radius 3 is 2.75 bits per heavy atom. The van der Waals surface area contributed by atoms with E-state index >= 15 is 0 Å². The van der Waals surface area contributed by atoms with Gasteiger partial charge in [-0.2, -0.15) is 0 Å². The minimum Gasteiger partial charge on any atom is -0.496 e. The fraction of sp³-hybridized carbons (Fsp3) is 0.381. The standard InChI is InChI=1S/C21H26N2O4S/c1-3-21(24)23-14-12-17-15-18(10-11-19(17)23)28(25,26)22-13-6-8-16-7-4-5-9-20(16)27-2/h4-5,7,9-11,15,22H,3,6,8,12-14H2,1-2H3. The van der Waals surface area contributed by atoms with E-state index in [0.717, 1.165) is 29.0 Å². The van der Waals surface area contributed by atoms with Crippen LogP contribution in [0.3, 0.4) is 0 Å². The van der Waals surface area contributed by atoms with Gasteiger partial charge in [-0.3, -0.25) is 4.79 Å². The molecule has 2 aromatic carbocycles. The van der Waals surface area contributed by atoms with E-state index in [2.05, 4.69) is 4.72 Å². The number of nitrogens with zero attached hydrogens (tertiary/aromatic N) is 1. The van der Waals surface area contributed by atoms with Gasteiger partial charge in [0.2, 0.25) is 15.9 Å². The first kappa shape index (κ1) is 20.4. The summed E-state index contributed by atoms with van der Waals surface area (Å²) in [5, 5.41) is 0. The quantitative estimate of drug-likeness (QED) is 0.689. The zero-order chi connectivity index (χ0) is 20.1. The fourth-order valence-electron chi connectivity index (χ4n) is 3.47. The molecule has 1 N–H and O–H groups in total. The van der Waals surface area contributed by atoms with E-state index in [4.69, 9.17) is 4.74 Å². The van der Waals surface area contributed by atoms with Crippen LogP contribution in [0.2, 0.25) is 0 Å². The average molecular weight is 403 g/mol. The molecule has 2 aromatic rings. The highest BCUT2D eigenvalue weighted by Crippen LogP contribution is 2.30. The first-order valence-electron chi connectivity index (χ1n) is 9.51.